The van der Waals surface area contributed by atoms with Crippen LogP contribution < -0.4 is 5.73 Å². The van der Waals surface area contributed by atoms with Crippen molar-refractivity contribution < 1.29 is 0 Å². The average Bonchev–Trinajstić information content (AvgIpc) is 2.48. The second-order valence-electron chi connectivity index (χ2n) is 5.53. The van der Waals surface area contributed by atoms with E-state index in [0.717, 1.165) is 18.4 Å². The molecule has 0 aliphatic heterocycles. The van der Waals surface area contributed by atoms with Crippen molar-refractivity contribution in [3.63, 3.8) is 0 Å². The van der Waals surface area contributed by atoms with Gasteiger partial charge in [0.25, 0.3) is 0 Å². The molecule has 0 aromatic heterocycles. The van der Waals surface area contributed by atoms with Crippen LogP contribution in [0.15, 0.2) is 0 Å². The number of hydrogen-bond acceptors (Lipinski definition) is 1. The highest BCUT2D eigenvalue weighted by Gasteiger charge is 2.77. The van der Waals surface area contributed by atoms with Crippen LogP contribution in [-0.4, -0.2) is 6.54 Å². The second kappa shape index (κ2) is 1.75. The van der Waals surface area contributed by atoms with Gasteiger partial charge in [-0.15, -0.1) is 0 Å². The Morgan fingerprint density at radius 2 is 1.75 bits per heavy atom. The maximum Gasteiger partial charge on any atom is -0.00745 e. The molecule has 5 aliphatic carbocycles. The lowest BCUT2D eigenvalue weighted by Gasteiger charge is -2.20. The lowest BCUT2D eigenvalue weighted by molar-refractivity contribution is 0.296. The minimum Gasteiger partial charge on any atom is -0.330 e. The molecule has 0 spiro atoms. The predicted octanol–water partition coefficient (Wildman–Crippen LogP) is 1.48. The molecule has 0 aromatic carbocycles. The Morgan fingerprint density at radius 3 is 2.33 bits per heavy atom. The third kappa shape index (κ3) is 0.477. The standard InChI is InChI=1S/C11H17N/c12-2-1-5-3-6-7-4-8-10(6)11(8)9(5)7/h5-11H,1-4,12H2. The van der Waals surface area contributed by atoms with Gasteiger partial charge in [0.15, 0.2) is 0 Å². The fraction of sp³-hybridized carbons (Fsp3) is 1.00. The van der Waals surface area contributed by atoms with E-state index in [1.54, 1.807) is 12.8 Å². The molecule has 5 rings (SSSR count). The minimum atomic E-state index is 0.933. The number of nitrogens with two attached hydrogens (primary N) is 1. The van der Waals surface area contributed by atoms with Crippen molar-refractivity contribution in [2.24, 2.45) is 47.2 Å². The van der Waals surface area contributed by atoms with Gasteiger partial charge in [-0.05, 0) is 67.2 Å². The van der Waals surface area contributed by atoms with Crippen molar-refractivity contribution in [3.8, 4) is 0 Å². The molecule has 0 saturated heterocycles. The molecule has 7 atom stereocenters. The summed E-state index contributed by atoms with van der Waals surface area (Å²) < 4.78 is 0. The molecule has 2 N–H and O–H groups in total. The van der Waals surface area contributed by atoms with Gasteiger partial charge >= 0.3 is 0 Å². The summed E-state index contributed by atoms with van der Waals surface area (Å²) in [5.74, 6) is 8.24. The van der Waals surface area contributed by atoms with E-state index in [0.29, 0.717) is 0 Å². The number of hydrogen-bond donors (Lipinski definition) is 1. The van der Waals surface area contributed by atoms with Crippen molar-refractivity contribution in [2.75, 3.05) is 6.54 Å². The maximum absolute atomic E-state index is 5.66. The summed E-state index contributed by atoms with van der Waals surface area (Å²) in [4.78, 5) is 0. The smallest absolute Gasteiger partial charge is 0.00745 e. The van der Waals surface area contributed by atoms with Crippen LogP contribution in [0.5, 0.6) is 0 Å². The summed E-state index contributed by atoms with van der Waals surface area (Å²) in [5, 5.41) is 0. The molecule has 66 valence electrons. The molecule has 12 heavy (non-hydrogen) atoms. The van der Waals surface area contributed by atoms with Crippen LogP contribution in [0.25, 0.3) is 0 Å². The predicted molar refractivity (Wildman–Crippen MR) is 47.3 cm³/mol. The number of rotatable bonds is 2. The first-order valence-corrected chi connectivity index (χ1v) is 5.62. The van der Waals surface area contributed by atoms with Crippen molar-refractivity contribution in [2.45, 2.75) is 19.3 Å². The van der Waals surface area contributed by atoms with E-state index in [4.69, 9.17) is 5.73 Å². The van der Waals surface area contributed by atoms with Gasteiger partial charge in [0.1, 0.15) is 0 Å². The molecule has 7 unspecified atom stereocenters. The first kappa shape index (κ1) is 6.42. The monoisotopic (exact) mass is 163 g/mol. The summed E-state index contributed by atoms with van der Waals surface area (Å²) in [5.41, 5.74) is 5.66. The lowest BCUT2D eigenvalue weighted by atomic mass is 9.86. The Morgan fingerprint density at radius 1 is 0.917 bits per heavy atom. The van der Waals surface area contributed by atoms with Gasteiger partial charge in [-0.25, -0.2) is 0 Å². The van der Waals surface area contributed by atoms with Crippen LogP contribution in [0.1, 0.15) is 19.3 Å². The molecule has 0 amide bonds. The van der Waals surface area contributed by atoms with Gasteiger partial charge in [0, 0.05) is 0 Å². The quantitative estimate of drug-likeness (QED) is 0.655. The zero-order chi connectivity index (χ0) is 7.87. The van der Waals surface area contributed by atoms with E-state index in [2.05, 4.69) is 0 Å². The molecule has 0 heterocycles. The van der Waals surface area contributed by atoms with Crippen molar-refractivity contribution in [3.05, 3.63) is 0 Å². The summed E-state index contributed by atoms with van der Waals surface area (Å²) in [6.45, 7) is 0.933. The zero-order valence-corrected chi connectivity index (χ0v) is 7.45. The molecular formula is C11H17N. The average molecular weight is 163 g/mol. The van der Waals surface area contributed by atoms with Crippen LogP contribution in [-0.2, 0) is 0 Å². The fourth-order valence-corrected chi connectivity index (χ4v) is 5.42. The summed E-state index contributed by atoms with van der Waals surface area (Å²) in [6.07, 6.45) is 4.50. The summed E-state index contributed by atoms with van der Waals surface area (Å²) in [6, 6.07) is 0. The van der Waals surface area contributed by atoms with Crippen LogP contribution in [0.3, 0.4) is 0 Å². The Kier molecular flexibility index (Phi) is 0.934. The molecule has 1 nitrogen and oxygen atoms in total. The lowest BCUT2D eigenvalue weighted by Crippen LogP contribution is -2.17. The molecule has 5 fully saturated rings. The first-order chi connectivity index (χ1) is 5.92. The van der Waals surface area contributed by atoms with Gasteiger partial charge in [-0.1, -0.05) is 0 Å². The highest BCUT2D eigenvalue weighted by atomic mass is 14.8. The largest absolute Gasteiger partial charge is 0.330 e. The van der Waals surface area contributed by atoms with Gasteiger partial charge < -0.3 is 5.73 Å². The summed E-state index contributed by atoms with van der Waals surface area (Å²) in [7, 11) is 0. The van der Waals surface area contributed by atoms with Gasteiger partial charge in [-0.2, -0.15) is 0 Å². The molecular weight excluding hydrogens is 146 g/mol. The van der Waals surface area contributed by atoms with Crippen molar-refractivity contribution >= 4 is 0 Å². The van der Waals surface area contributed by atoms with E-state index >= 15 is 0 Å². The molecule has 5 saturated carbocycles. The van der Waals surface area contributed by atoms with Gasteiger partial charge in [-0.3, -0.25) is 0 Å². The zero-order valence-electron chi connectivity index (χ0n) is 7.45. The van der Waals surface area contributed by atoms with Gasteiger partial charge in [0.05, 0.1) is 0 Å². The van der Waals surface area contributed by atoms with E-state index < -0.39 is 0 Å². The Hall–Kier alpha value is -0.0400. The highest BCUT2D eigenvalue weighted by Crippen LogP contribution is 2.82. The first-order valence-electron chi connectivity index (χ1n) is 5.62. The molecule has 6 bridgehead atoms. The second-order valence-corrected chi connectivity index (χ2v) is 5.53. The van der Waals surface area contributed by atoms with Crippen LogP contribution in [0.2, 0.25) is 0 Å². The van der Waals surface area contributed by atoms with Crippen LogP contribution in [0.4, 0.5) is 0 Å². The van der Waals surface area contributed by atoms with E-state index in [1.807, 2.05) is 0 Å². The summed E-state index contributed by atoms with van der Waals surface area (Å²) >= 11 is 0. The third-order valence-corrected chi connectivity index (χ3v) is 5.48. The van der Waals surface area contributed by atoms with Crippen LogP contribution in [0, 0.1) is 41.4 Å². The topological polar surface area (TPSA) is 26.0 Å². The van der Waals surface area contributed by atoms with E-state index in [1.165, 1.54) is 36.0 Å². The Bertz CT molecular complexity index is 237. The highest BCUT2D eigenvalue weighted by molar-refractivity contribution is 5.24. The minimum absolute atomic E-state index is 0.933. The Labute approximate surface area is 73.7 Å². The molecule has 0 aromatic rings. The van der Waals surface area contributed by atoms with Crippen LogP contribution >= 0.6 is 0 Å². The van der Waals surface area contributed by atoms with E-state index in [9.17, 15) is 0 Å². The fourth-order valence-electron chi connectivity index (χ4n) is 5.42. The normalized spacial score (nSPS) is 69.2. The molecule has 1 heteroatoms. The van der Waals surface area contributed by atoms with Crippen molar-refractivity contribution in [1.29, 1.82) is 0 Å². The Balaban J connectivity index is 1.66. The van der Waals surface area contributed by atoms with Crippen molar-refractivity contribution in [1.82, 2.24) is 0 Å². The SMILES string of the molecule is NCCC1CC2C3CC4C2C4C13. The third-order valence-electron chi connectivity index (χ3n) is 5.48. The molecule has 5 aliphatic rings. The van der Waals surface area contributed by atoms with Gasteiger partial charge in [0.2, 0.25) is 0 Å². The molecule has 0 radical (unpaired) electrons. The van der Waals surface area contributed by atoms with E-state index in [-0.39, 0.29) is 0 Å². The maximum atomic E-state index is 5.66.